The first-order valence-corrected chi connectivity index (χ1v) is 8.81. The van der Waals surface area contributed by atoms with Gasteiger partial charge in [-0.15, -0.1) is 0 Å². The number of rotatable bonds is 2. The lowest BCUT2D eigenvalue weighted by Crippen LogP contribution is -2.18. The van der Waals surface area contributed by atoms with Crippen LogP contribution in [0.15, 0.2) is 48.7 Å². The Morgan fingerprint density at radius 3 is 2.80 bits per heavy atom. The van der Waals surface area contributed by atoms with Crippen LogP contribution in [-0.4, -0.2) is 26.0 Å². The molecule has 5 heteroatoms. The van der Waals surface area contributed by atoms with E-state index >= 15 is 0 Å². The molecule has 1 aromatic carbocycles. The summed E-state index contributed by atoms with van der Waals surface area (Å²) >= 11 is 0. The highest BCUT2D eigenvalue weighted by Crippen LogP contribution is 2.45. The predicted molar refractivity (Wildman–Crippen MR) is 97.0 cm³/mol. The normalized spacial score (nSPS) is 24.7. The van der Waals surface area contributed by atoms with Gasteiger partial charge in [-0.2, -0.15) is 0 Å². The lowest BCUT2D eigenvalue weighted by molar-refractivity contribution is 0.544. The van der Waals surface area contributed by atoms with Gasteiger partial charge in [0.1, 0.15) is 5.82 Å². The zero-order valence-electron chi connectivity index (χ0n) is 13.6. The number of benzene rings is 1. The summed E-state index contributed by atoms with van der Waals surface area (Å²) in [7, 11) is 0. The minimum Gasteiger partial charge on any atom is -0.341 e. The lowest BCUT2D eigenvalue weighted by atomic mass is 10.1. The molecule has 2 aliphatic rings. The van der Waals surface area contributed by atoms with Gasteiger partial charge in [0, 0.05) is 17.8 Å². The summed E-state index contributed by atoms with van der Waals surface area (Å²) in [5.41, 5.74) is 5.97. The van der Waals surface area contributed by atoms with E-state index < -0.39 is 0 Å². The van der Waals surface area contributed by atoms with E-state index in [9.17, 15) is 0 Å². The quantitative estimate of drug-likeness (QED) is 0.590. The average Bonchev–Trinajstić information content (AvgIpc) is 3.07. The van der Waals surface area contributed by atoms with Crippen molar-refractivity contribution in [3.05, 3.63) is 54.5 Å². The molecule has 1 aliphatic carbocycles. The molecule has 2 N–H and O–H groups in total. The zero-order valence-corrected chi connectivity index (χ0v) is 13.6. The van der Waals surface area contributed by atoms with Gasteiger partial charge in [0.2, 0.25) is 0 Å². The predicted octanol–water partition coefficient (Wildman–Crippen LogP) is 3.60. The monoisotopic (exact) mass is 327 g/mol. The maximum Gasteiger partial charge on any atom is 0.124 e. The Hall–Kier alpha value is -2.79. The number of pyridine rings is 2. The third-order valence-electron chi connectivity index (χ3n) is 5.46. The Morgan fingerprint density at radius 2 is 1.88 bits per heavy atom. The molecule has 0 radical (unpaired) electrons. The van der Waals surface area contributed by atoms with Crippen LogP contribution in [0.5, 0.6) is 0 Å². The Bertz CT molecular complexity index is 1110. The van der Waals surface area contributed by atoms with Crippen molar-refractivity contribution in [1.29, 1.82) is 0 Å². The third kappa shape index (κ3) is 2.16. The molecule has 0 bridgehead atoms. The number of hydrogen-bond donors (Lipinski definition) is 2. The van der Waals surface area contributed by atoms with Crippen molar-refractivity contribution in [3.63, 3.8) is 0 Å². The minimum atomic E-state index is 0.379. The van der Waals surface area contributed by atoms with Gasteiger partial charge in [-0.25, -0.2) is 9.97 Å². The first-order chi connectivity index (χ1) is 12.3. The second-order valence-electron chi connectivity index (χ2n) is 7.15. The van der Waals surface area contributed by atoms with Crippen molar-refractivity contribution >= 4 is 22.1 Å². The number of hydrogen-bond acceptors (Lipinski definition) is 4. The highest BCUT2D eigenvalue weighted by Gasteiger charge is 2.46. The third-order valence-corrected chi connectivity index (χ3v) is 5.46. The molecule has 2 fully saturated rings. The van der Waals surface area contributed by atoms with Crippen molar-refractivity contribution in [3.8, 4) is 11.3 Å². The fourth-order valence-electron chi connectivity index (χ4n) is 4.00. The van der Waals surface area contributed by atoms with Crippen LogP contribution >= 0.6 is 0 Å². The summed E-state index contributed by atoms with van der Waals surface area (Å²) in [6.45, 7) is 0. The van der Waals surface area contributed by atoms with E-state index in [2.05, 4.69) is 33.5 Å². The number of H-pyrrole nitrogens is 1. The summed E-state index contributed by atoms with van der Waals surface area (Å²) in [6.07, 6.45) is 4.34. The Balaban J connectivity index is 1.40. The van der Waals surface area contributed by atoms with Crippen LogP contribution in [0, 0.1) is 5.92 Å². The number of nitrogens with zero attached hydrogens (tertiary/aromatic N) is 3. The van der Waals surface area contributed by atoms with Crippen LogP contribution in [0.4, 0.5) is 0 Å². The lowest BCUT2D eigenvalue weighted by Gasteiger charge is -2.08. The second-order valence-corrected chi connectivity index (χ2v) is 7.15. The van der Waals surface area contributed by atoms with Gasteiger partial charge in [-0.3, -0.25) is 4.98 Å². The molecule has 1 saturated carbocycles. The molecule has 1 aliphatic heterocycles. The molecule has 0 amide bonds. The molecule has 122 valence electrons. The molecule has 4 heterocycles. The highest BCUT2D eigenvalue weighted by atomic mass is 15.1. The van der Waals surface area contributed by atoms with E-state index in [0.29, 0.717) is 6.04 Å². The summed E-state index contributed by atoms with van der Waals surface area (Å²) < 4.78 is 0. The van der Waals surface area contributed by atoms with Crippen LogP contribution in [0.2, 0.25) is 0 Å². The highest BCUT2D eigenvalue weighted by molar-refractivity contribution is 5.83. The van der Waals surface area contributed by atoms with Gasteiger partial charge in [0.15, 0.2) is 0 Å². The maximum atomic E-state index is 4.79. The van der Waals surface area contributed by atoms with Crippen molar-refractivity contribution in [2.24, 2.45) is 5.92 Å². The van der Waals surface area contributed by atoms with Crippen LogP contribution in [-0.2, 0) is 0 Å². The van der Waals surface area contributed by atoms with Crippen molar-refractivity contribution < 1.29 is 0 Å². The van der Waals surface area contributed by atoms with Crippen molar-refractivity contribution in [2.75, 3.05) is 0 Å². The largest absolute Gasteiger partial charge is 0.341 e. The minimum absolute atomic E-state index is 0.379. The summed E-state index contributed by atoms with van der Waals surface area (Å²) in [6, 6.07) is 15.4. The van der Waals surface area contributed by atoms with Crippen LogP contribution < -0.4 is 5.32 Å². The van der Waals surface area contributed by atoms with E-state index in [-0.39, 0.29) is 0 Å². The molecule has 25 heavy (non-hydrogen) atoms. The van der Waals surface area contributed by atoms with E-state index in [1.165, 1.54) is 12.8 Å². The number of aromatic nitrogens is 4. The summed E-state index contributed by atoms with van der Waals surface area (Å²) in [4.78, 5) is 17.4. The fourth-order valence-corrected chi connectivity index (χ4v) is 4.00. The molecule has 5 nitrogen and oxygen atoms in total. The fraction of sp³-hybridized carbons (Fsp3) is 0.250. The molecule has 0 spiro atoms. The van der Waals surface area contributed by atoms with E-state index in [0.717, 1.165) is 51.1 Å². The Labute approximate surface area is 144 Å². The second kappa shape index (κ2) is 4.86. The van der Waals surface area contributed by atoms with Crippen molar-refractivity contribution in [1.82, 2.24) is 25.3 Å². The van der Waals surface area contributed by atoms with Gasteiger partial charge < -0.3 is 10.3 Å². The topological polar surface area (TPSA) is 66.5 Å². The van der Waals surface area contributed by atoms with Gasteiger partial charge in [-0.05, 0) is 55.2 Å². The SMILES string of the molecule is c1cnc2ccc(-c3ccc4nc([C@@H]5C[C@H]6C[C@H]6N5)[nH]c4c3)nc2c1. The molecule has 0 unspecified atom stereocenters. The first-order valence-electron chi connectivity index (χ1n) is 8.81. The molecule has 1 saturated heterocycles. The number of piperidine rings is 1. The molecule has 4 aromatic rings. The molecule has 3 aromatic heterocycles. The van der Waals surface area contributed by atoms with Gasteiger partial charge in [0.05, 0.1) is 33.8 Å². The Morgan fingerprint density at radius 1 is 0.920 bits per heavy atom. The molecular weight excluding hydrogens is 310 g/mol. The molecular formula is C20H17N5. The van der Waals surface area contributed by atoms with E-state index in [1.807, 2.05) is 24.3 Å². The Kier molecular flexibility index (Phi) is 2.62. The van der Waals surface area contributed by atoms with Crippen LogP contribution in [0.25, 0.3) is 33.3 Å². The van der Waals surface area contributed by atoms with Gasteiger partial charge >= 0.3 is 0 Å². The maximum absolute atomic E-state index is 4.79. The first kappa shape index (κ1) is 13.5. The van der Waals surface area contributed by atoms with Gasteiger partial charge in [-0.1, -0.05) is 6.07 Å². The van der Waals surface area contributed by atoms with Gasteiger partial charge in [0.25, 0.3) is 0 Å². The van der Waals surface area contributed by atoms with Crippen LogP contribution in [0.3, 0.4) is 0 Å². The number of aromatic amines is 1. The standard InChI is InChI=1S/C20H17N5/c1-2-15-14(21-7-1)6-5-13(22-15)11-3-4-16-18(8-11)25-20(24-16)19-10-12-9-17(12)23-19/h1-8,12,17,19,23H,9-10H2,(H,24,25)/t12-,17-,19+/m1/s1. The number of imidazole rings is 1. The van der Waals surface area contributed by atoms with Crippen LogP contribution in [0.1, 0.15) is 24.7 Å². The average molecular weight is 327 g/mol. The molecule has 3 atom stereocenters. The number of nitrogens with one attached hydrogen (secondary N) is 2. The number of fused-ring (bicyclic) bond motifs is 3. The smallest absolute Gasteiger partial charge is 0.124 e. The summed E-state index contributed by atoms with van der Waals surface area (Å²) in [5, 5.41) is 3.66. The summed E-state index contributed by atoms with van der Waals surface area (Å²) in [5.74, 6) is 1.93. The zero-order chi connectivity index (χ0) is 16.4. The van der Waals surface area contributed by atoms with E-state index in [1.54, 1.807) is 6.20 Å². The molecule has 6 rings (SSSR count). The van der Waals surface area contributed by atoms with Crippen molar-refractivity contribution in [2.45, 2.75) is 24.9 Å². The van der Waals surface area contributed by atoms with E-state index in [4.69, 9.17) is 9.97 Å².